The largest absolute Gasteiger partial charge is 0.462 e. The molecule has 3 aromatic rings. The lowest BCUT2D eigenvalue weighted by Gasteiger charge is -2.12. The van der Waals surface area contributed by atoms with Gasteiger partial charge in [0.05, 0.1) is 17.9 Å². The third-order valence-electron chi connectivity index (χ3n) is 3.99. The number of carbonyl (C=O) groups excluding carboxylic acids is 2. The summed E-state index contributed by atoms with van der Waals surface area (Å²) in [5, 5.41) is 6.01. The van der Waals surface area contributed by atoms with Gasteiger partial charge in [-0.2, -0.15) is 0 Å². The number of anilines is 2. The molecule has 1 heterocycles. The number of aromatic nitrogens is 1. The maximum absolute atomic E-state index is 12.4. The van der Waals surface area contributed by atoms with Gasteiger partial charge in [0.2, 0.25) is 0 Å². The first-order valence-corrected chi connectivity index (χ1v) is 8.98. The van der Waals surface area contributed by atoms with Gasteiger partial charge in [0, 0.05) is 18.4 Å². The van der Waals surface area contributed by atoms with Gasteiger partial charge in [-0.15, -0.1) is 0 Å². The number of benzene rings is 2. The maximum Gasteiger partial charge on any atom is 0.340 e. The first-order chi connectivity index (χ1) is 13.7. The maximum atomic E-state index is 12.4. The second-order valence-electron chi connectivity index (χ2n) is 5.99. The highest BCUT2D eigenvalue weighted by atomic mass is 16.5. The first kappa shape index (κ1) is 19.1. The monoisotopic (exact) mass is 375 g/mol. The predicted molar refractivity (Wildman–Crippen MR) is 108 cm³/mol. The van der Waals surface area contributed by atoms with E-state index in [2.05, 4.69) is 15.6 Å². The molecule has 0 fully saturated rings. The quantitative estimate of drug-likeness (QED) is 0.612. The summed E-state index contributed by atoms with van der Waals surface area (Å²) < 4.78 is 5.09. The molecule has 2 aromatic carbocycles. The number of hydrogen-bond donors (Lipinski definition) is 2. The van der Waals surface area contributed by atoms with E-state index in [9.17, 15) is 9.59 Å². The molecule has 1 amide bonds. The van der Waals surface area contributed by atoms with Crippen LogP contribution in [0.15, 0.2) is 72.9 Å². The van der Waals surface area contributed by atoms with Crippen LogP contribution in [0.4, 0.5) is 11.4 Å². The Morgan fingerprint density at radius 3 is 2.54 bits per heavy atom. The molecule has 0 saturated carbocycles. The number of amides is 1. The van der Waals surface area contributed by atoms with Crippen molar-refractivity contribution in [3.63, 3.8) is 0 Å². The van der Waals surface area contributed by atoms with Crippen LogP contribution in [-0.2, 0) is 11.3 Å². The number of rotatable bonds is 7. The molecule has 0 bridgehead atoms. The van der Waals surface area contributed by atoms with Crippen molar-refractivity contribution in [1.29, 1.82) is 0 Å². The van der Waals surface area contributed by atoms with E-state index in [1.54, 1.807) is 43.5 Å². The van der Waals surface area contributed by atoms with Crippen LogP contribution in [0.5, 0.6) is 0 Å². The summed E-state index contributed by atoms with van der Waals surface area (Å²) in [7, 11) is 0. The highest BCUT2D eigenvalue weighted by molar-refractivity contribution is 5.97. The van der Waals surface area contributed by atoms with E-state index in [0.717, 1.165) is 5.56 Å². The standard InChI is InChI=1S/C22H21N3O3/c1-2-28-22(27)18-10-6-7-11-19(18)25-17-12-13-23-20(14-17)21(26)24-15-16-8-4-3-5-9-16/h3-14H,2,15H2,1H3,(H,23,25)(H,24,26). The molecule has 1 aromatic heterocycles. The second-order valence-corrected chi connectivity index (χ2v) is 5.99. The van der Waals surface area contributed by atoms with Crippen molar-refractivity contribution in [2.45, 2.75) is 13.5 Å². The van der Waals surface area contributed by atoms with Crippen LogP contribution >= 0.6 is 0 Å². The van der Waals surface area contributed by atoms with E-state index >= 15 is 0 Å². The Morgan fingerprint density at radius 2 is 1.75 bits per heavy atom. The molecule has 0 saturated heterocycles. The van der Waals surface area contributed by atoms with Gasteiger partial charge in [0.25, 0.3) is 5.91 Å². The number of nitrogens with one attached hydrogen (secondary N) is 2. The minimum absolute atomic E-state index is 0.272. The number of carbonyl (C=O) groups is 2. The molecule has 142 valence electrons. The Balaban J connectivity index is 1.72. The SMILES string of the molecule is CCOC(=O)c1ccccc1Nc1ccnc(C(=O)NCc2ccccc2)c1. The number of ether oxygens (including phenoxy) is 1. The van der Waals surface area contributed by atoms with Gasteiger partial charge in [-0.05, 0) is 36.8 Å². The van der Waals surface area contributed by atoms with Crippen molar-refractivity contribution in [3.05, 3.63) is 89.7 Å². The minimum atomic E-state index is -0.402. The lowest BCUT2D eigenvalue weighted by atomic mass is 10.1. The van der Waals surface area contributed by atoms with Crippen molar-refractivity contribution in [3.8, 4) is 0 Å². The van der Waals surface area contributed by atoms with Crippen LogP contribution in [0.1, 0.15) is 33.3 Å². The molecule has 0 unspecified atom stereocenters. The summed E-state index contributed by atoms with van der Waals surface area (Å²) in [4.78, 5) is 28.7. The van der Waals surface area contributed by atoms with Crippen molar-refractivity contribution >= 4 is 23.3 Å². The number of nitrogens with zero attached hydrogens (tertiary/aromatic N) is 1. The molecular formula is C22H21N3O3. The number of esters is 1. The molecule has 0 aliphatic rings. The summed E-state index contributed by atoms with van der Waals surface area (Å²) in [6.45, 7) is 2.48. The Hall–Kier alpha value is -3.67. The van der Waals surface area contributed by atoms with Crippen LogP contribution in [0.25, 0.3) is 0 Å². The molecule has 0 spiro atoms. The van der Waals surface area contributed by atoms with E-state index in [1.807, 2.05) is 36.4 Å². The Morgan fingerprint density at radius 1 is 1.00 bits per heavy atom. The fraction of sp³-hybridized carbons (Fsp3) is 0.136. The molecule has 0 radical (unpaired) electrons. The lowest BCUT2D eigenvalue weighted by Crippen LogP contribution is -2.23. The average molecular weight is 375 g/mol. The summed E-state index contributed by atoms with van der Waals surface area (Å²) in [6, 6.07) is 20.1. The minimum Gasteiger partial charge on any atom is -0.462 e. The molecular weight excluding hydrogens is 354 g/mol. The van der Waals surface area contributed by atoms with E-state index in [1.165, 1.54) is 0 Å². The summed E-state index contributed by atoms with van der Waals surface area (Å²) >= 11 is 0. The van der Waals surface area contributed by atoms with Crippen molar-refractivity contribution in [2.24, 2.45) is 0 Å². The van der Waals surface area contributed by atoms with Gasteiger partial charge in [0.15, 0.2) is 0 Å². The molecule has 0 atom stereocenters. The van der Waals surface area contributed by atoms with Crippen LogP contribution in [0.3, 0.4) is 0 Å². The zero-order valence-electron chi connectivity index (χ0n) is 15.5. The van der Waals surface area contributed by atoms with Crippen molar-refractivity contribution in [2.75, 3.05) is 11.9 Å². The summed E-state index contributed by atoms with van der Waals surface area (Å²) in [6.07, 6.45) is 1.55. The van der Waals surface area contributed by atoms with Crippen molar-refractivity contribution < 1.29 is 14.3 Å². The van der Waals surface area contributed by atoms with Gasteiger partial charge in [-0.1, -0.05) is 42.5 Å². The van der Waals surface area contributed by atoms with Crippen LogP contribution in [0, 0.1) is 0 Å². The molecule has 2 N–H and O–H groups in total. The normalized spacial score (nSPS) is 10.2. The zero-order valence-corrected chi connectivity index (χ0v) is 15.5. The summed E-state index contributed by atoms with van der Waals surface area (Å²) in [5.74, 6) is -0.674. The predicted octanol–water partition coefficient (Wildman–Crippen LogP) is 3.93. The first-order valence-electron chi connectivity index (χ1n) is 8.98. The molecule has 0 aliphatic carbocycles. The van der Waals surface area contributed by atoms with Crippen LogP contribution < -0.4 is 10.6 Å². The molecule has 6 heteroatoms. The van der Waals surface area contributed by atoms with E-state index in [-0.39, 0.29) is 11.6 Å². The van der Waals surface area contributed by atoms with Gasteiger partial charge in [-0.25, -0.2) is 4.79 Å². The zero-order chi connectivity index (χ0) is 19.8. The molecule has 28 heavy (non-hydrogen) atoms. The van der Waals surface area contributed by atoms with Crippen LogP contribution in [-0.4, -0.2) is 23.5 Å². The summed E-state index contributed by atoms with van der Waals surface area (Å²) in [5.41, 5.74) is 2.97. The third-order valence-corrected chi connectivity index (χ3v) is 3.99. The second kappa shape index (κ2) is 9.32. The molecule has 3 rings (SSSR count). The average Bonchev–Trinajstić information content (AvgIpc) is 2.73. The van der Waals surface area contributed by atoms with Crippen molar-refractivity contribution in [1.82, 2.24) is 10.3 Å². The fourth-order valence-corrected chi connectivity index (χ4v) is 2.64. The fourth-order valence-electron chi connectivity index (χ4n) is 2.64. The number of hydrogen-bond acceptors (Lipinski definition) is 5. The van der Waals surface area contributed by atoms with Gasteiger partial charge in [-0.3, -0.25) is 9.78 Å². The molecule has 0 aliphatic heterocycles. The molecule has 6 nitrogen and oxygen atoms in total. The Labute approximate surface area is 163 Å². The van der Waals surface area contributed by atoms with Gasteiger partial charge >= 0.3 is 5.97 Å². The van der Waals surface area contributed by atoms with Crippen LogP contribution in [0.2, 0.25) is 0 Å². The Kier molecular flexibility index (Phi) is 6.36. The van der Waals surface area contributed by atoms with E-state index < -0.39 is 5.97 Å². The van der Waals surface area contributed by atoms with E-state index in [0.29, 0.717) is 30.1 Å². The van der Waals surface area contributed by atoms with Gasteiger partial charge in [0.1, 0.15) is 5.69 Å². The van der Waals surface area contributed by atoms with E-state index in [4.69, 9.17) is 4.74 Å². The topological polar surface area (TPSA) is 80.3 Å². The highest BCUT2D eigenvalue weighted by Gasteiger charge is 2.13. The third kappa shape index (κ3) is 4.94. The smallest absolute Gasteiger partial charge is 0.340 e. The lowest BCUT2D eigenvalue weighted by molar-refractivity contribution is 0.0527. The van der Waals surface area contributed by atoms with Gasteiger partial charge < -0.3 is 15.4 Å². The number of para-hydroxylation sites is 1. The Bertz CT molecular complexity index is 958. The highest BCUT2D eigenvalue weighted by Crippen LogP contribution is 2.22. The number of pyridine rings is 1.